The van der Waals surface area contributed by atoms with E-state index in [-0.39, 0.29) is 6.61 Å². The minimum Gasteiger partial charge on any atom is -0.395 e. The molecule has 0 radical (unpaired) electrons. The molecule has 2 N–H and O–H groups in total. The number of anilines is 1. The van der Waals surface area contributed by atoms with Crippen molar-refractivity contribution in [3.05, 3.63) is 29.3 Å². The molecular formula is C16H28N2O. The highest BCUT2D eigenvalue weighted by Gasteiger charge is 2.10. The van der Waals surface area contributed by atoms with Crippen LogP contribution in [0.4, 0.5) is 5.69 Å². The lowest BCUT2D eigenvalue weighted by Gasteiger charge is -2.26. The van der Waals surface area contributed by atoms with Gasteiger partial charge in [0.25, 0.3) is 0 Å². The summed E-state index contributed by atoms with van der Waals surface area (Å²) in [7, 11) is 0. The summed E-state index contributed by atoms with van der Waals surface area (Å²) in [5.74, 6) is 0. The Hall–Kier alpha value is -1.06. The van der Waals surface area contributed by atoms with Crippen molar-refractivity contribution in [2.45, 2.75) is 40.2 Å². The van der Waals surface area contributed by atoms with Crippen LogP contribution in [0.5, 0.6) is 0 Å². The summed E-state index contributed by atoms with van der Waals surface area (Å²) in [6.07, 6.45) is 2.24. The van der Waals surface area contributed by atoms with Crippen molar-refractivity contribution in [1.82, 2.24) is 5.32 Å². The highest BCUT2D eigenvalue weighted by atomic mass is 16.3. The van der Waals surface area contributed by atoms with Crippen LogP contribution in [-0.4, -0.2) is 31.3 Å². The number of hydrogen-bond donors (Lipinski definition) is 2. The first kappa shape index (κ1) is 16.0. The van der Waals surface area contributed by atoms with Gasteiger partial charge >= 0.3 is 0 Å². The van der Waals surface area contributed by atoms with E-state index in [4.69, 9.17) is 0 Å². The van der Waals surface area contributed by atoms with Gasteiger partial charge in [-0.2, -0.15) is 0 Å². The van der Waals surface area contributed by atoms with E-state index in [1.54, 1.807) is 0 Å². The summed E-state index contributed by atoms with van der Waals surface area (Å²) in [4.78, 5) is 2.28. The topological polar surface area (TPSA) is 35.5 Å². The van der Waals surface area contributed by atoms with E-state index >= 15 is 0 Å². The van der Waals surface area contributed by atoms with Crippen molar-refractivity contribution in [3.63, 3.8) is 0 Å². The average Bonchev–Trinajstić information content (AvgIpc) is 2.39. The molecular weight excluding hydrogens is 236 g/mol. The van der Waals surface area contributed by atoms with Crippen LogP contribution in [0.1, 0.15) is 37.8 Å². The van der Waals surface area contributed by atoms with Crippen LogP contribution in [-0.2, 0) is 6.54 Å². The molecule has 0 aliphatic heterocycles. The van der Waals surface area contributed by atoms with E-state index in [0.717, 1.165) is 32.5 Å². The van der Waals surface area contributed by atoms with Gasteiger partial charge in [0.15, 0.2) is 0 Å². The highest BCUT2D eigenvalue weighted by molar-refractivity contribution is 5.55. The number of aliphatic hydroxyl groups excluding tert-OH is 1. The summed E-state index contributed by atoms with van der Waals surface area (Å²) in [6.45, 7) is 10.3. The third-order valence-corrected chi connectivity index (χ3v) is 3.18. The van der Waals surface area contributed by atoms with Gasteiger partial charge in [-0.1, -0.05) is 31.5 Å². The van der Waals surface area contributed by atoms with E-state index in [1.165, 1.54) is 16.8 Å². The largest absolute Gasteiger partial charge is 0.395 e. The number of nitrogens with zero attached hydrogens (tertiary/aromatic N) is 1. The van der Waals surface area contributed by atoms with Crippen molar-refractivity contribution in [1.29, 1.82) is 0 Å². The molecule has 0 spiro atoms. The van der Waals surface area contributed by atoms with Gasteiger partial charge in [0.05, 0.1) is 6.61 Å². The van der Waals surface area contributed by atoms with Gasteiger partial charge in [-0.3, -0.25) is 0 Å². The van der Waals surface area contributed by atoms with Gasteiger partial charge < -0.3 is 15.3 Å². The Morgan fingerprint density at radius 2 is 1.95 bits per heavy atom. The quantitative estimate of drug-likeness (QED) is 0.673. The van der Waals surface area contributed by atoms with Gasteiger partial charge in [-0.25, -0.2) is 0 Å². The Morgan fingerprint density at radius 1 is 1.16 bits per heavy atom. The van der Waals surface area contributed by atoms with E-state index in [0.29, 0.717) is 6.54 Å². The normalized spacial score (nSPS) is 10.7. The lowest BCUT2D eigenvalue weighted by Crippen LogP contribution is -2.29. The average molecular weight is 264 g/mol. The van der Waals surface area contributed by atoms with Gasteiger partial charge in [-0.05, 0) is 37.9 Å². The first-order valence-electron chi connectivity index (χ1n) is 7.39. The zero-order chi connectivity index (χ0) is 14.1. The first-order valence-corrected chi connectivity index (χ1v) is 7.39. The van der Waals surface area contributed by atoms with Crippen LogP contribution in [0.25, 0.3) is 0 Å². The Morgan fingerprint density at radius 3 is 2.58 bits per heavy atom. The predicted molar refractivity (Wildman–Crippen MR) is 82.8 cm³/mol. The molecule has 3 nitrogen and oxygen atoms in total. The van der Waals surface area contributed by atoms with E-state index in [1.807, 2.05) is 0 Å². The van der Waals surface area contributed by atoms with Crippen LogP contribution < -0.4 is 10.2 Å². The van der Waals surface area contributed by atoms with E-state index < -0.39 is 0 Å². The maximum atomic E-state index is 9.23. The molecule has 0 fully saturated rings. The molecule has 0 aromatic heterocycles. The maximum absolute atomic E-state index is 9.23. The number of rotatable bonds is 9. The number of benzene rings is 1. The SMILES string of the molecule is CCCNCc1cc(C)ccc1N(CCC)CCO. The molecule has 0 aliphatic rings. The monoisotopic (exact) mass is 264 g/mol. The molecule has 0 heterocycles. The summed E-state index contributed by atoms with van der Waals surface area (Å²) < 4.78 is 0. The summed E-state index contributed by atoms with van der Waals surface area (Å²) in [5.41, 5.74) is 3.87. The fourth-order valence-corrected chi connectivity index (χ4v) is 2.31. The van der Waals surface area contributed by atoms with Gasteiger partial charge in [0.1, 0.15) is 0 Å². The Balaban J connectivity index is 2.88. The van der Waals surface area contributed by atoms with E-state index in [9.17, 15) is 5.11 Å². The van der Waals surface area contributed by atoms with Crippen molar-refractivity contribution in [2.24, 2.45) is 0 Å². The van der Waals surface area contributed by atoms with Gasteiger partial charge in [0, 0.05) is 25.3 Å². The molecule has 108 valence electrons. The second kappa shape index (κ2) is 8.94. The number of hydrogen-bond acceptors (Lipinski definition) is 3. The van der Waals surface area contributed by atoms with Crippen LogP contribution in [0.2, 0.25) is 0 Å². The molecule has 19 heavy (non-hydrogen) atoms. The van der Waals surface area contributed by atoms with E-state index in [2.05, 4.69) is 49.2 Å². The van der Waals surface area contributed by atoms with Gasteiger partial charge in [0.2, 0.25) is 0 Å². The number of aliphatic hydroxyl groups is 1. The second-order valence-electron chi connectivity index (χ2n) is 5.02. The maximum Gasteiger partial charge on any atom is 0.0606 e. The highest BCUT2D eigenvalue weighted by Crippen LogP contribution is 2.22. The van der Waals surface area contributed by atoms with Crippen molar-refractivity contribution >= 4 is 5.69 Å². The molecule has 1 aromatic rings. The second-order valence-corrected chi connectivity index (χ2v) is 5.02. The Kier molecular flexibility index (Phi) is 7.53. The van der Waals surface area contributed by atoms with Crippen molar-refractivity contribution < 1.29 is 5.11 Å². The van der Waals surface area contributed by atoms with Crippen molar-refractivity contribution in [2.75, 3.05) is 31.1 Å². The Bertz CT molecular complexity index is 360. The van der Waals surface area contributed by atoms with Gasteiger partial charge in [-0.15, -0.1) is 0 Å². The molecule has 0 aliphatic carbocycles. The lowest BCUT2D eigenvalue weighted by molar-refractivity contribution is 0.301. The summed E-state index contributed by atoms with van der Waals surface area (Å²) >= 11 is 0. The lowest BCUT2D eigenvalue weighted by atomic mass is 10.1. The minimum atomic E-state index is 0.204. The fourth-order valence-electron chi connectivity index (χ4n) is 2.31. The smallest absolute Gasteiger partial charge is 0.0606 e. The first-order chi connectivity index (χ1) is 9.22. The molecule has 1 aromatic carbocycles. The standard InChI is InChI=1S/C16H28N2O/c1-4-8-17-13-15-12-14(3)6-7-16(15)18(9-5-2)10-11-19/h6-7,12,17,19H,4-5,8-11,13H2,1-3H3. The molecule has 3 heteroatoms. The summed E-state index contributed by atoms with van der Waals surface area (Å²) in [6, 6.07) is 6.58. The zero-order valence-electron chi connectivity index (χ0n) is 12.6. The molecule has 0 atom stereocenters. The minimum absolute atomic E-state index is 0.204. The number of nitrogens with one attached hydrogen (secondary N) is 1. The predicted octanol–water partition coefficient (Wildman–Crippen LogP) is 2.70. The molecule has 0 saturated carbocycles. The molecule has 0 saturated heterocycles. The third kappa shape index (κ3) is 5.21. The van der Waals surface area contributed by atoms with Crippen LogP contribution in [0.15, 0.2) is 18.2 Å². The van der Waals surface area contributed by atoms with Crippen molar-refractivity contribution in [3.8, 4) is 0 Å². The molecule has 0 bridgehead atoms. The molecule has 0 amide bonds. The van der Waals surface area contributed by atoms with Crippen LogP contribution in [0, 0.1) is 6.92 Å². The third-order valence-electron chi connectivity index (χ3n) is 3.18. The zero-order valence-corrected chi connectivity index (χ0v) is 12.6. The summed E-state index contributed by atoms with van der Waals surface area (Å²) in [5, 5.41) is 12.7. The van der Waals surface area contributed by atoms with Crippen LogP contribution >= 0.6 is 0 Å². The molecule has 0 unspecified atom stereocenters. The Labute approximate surface area is 117 Å². The fraction of sp³-hybridized carbons (Fsp3) is 0.625. The molecule has 1 rings (SSSR count). The number of aryl methyl sites for hydroxylation is 1. The van der Waals surface area contributed by atoms with Crippen LogP contribution in [0.3, 0.4) is 0 Å².